The van der Waals surface area contributed by atoms with E-state index in [0.717, 1.165) is 60.2 Å². The quantitative estimate of drug-likeness (QED) is 0.555. The second-order valence-electron chi connectivity index (χ2n) is 9.80. The fourth-order valence-electron chi connectivity index (χ4n) is 4.84. The molecule has 1 amide bonds. The number of amides is 1. The number of piperazine rings is 1. The molecule has 198 valence electrons. The average molecular weight is 525 g/mol. The first-order chi connectivity index (χ1) is 16.9. The highest BCUT2D eigenvalue weighted by Gasteiger charge is 2.28. The summed E-state index contributed by atoms with van der Waals surface area (Å²) in [4.78, 5) is 20.3. The minimum atomic E-state index is 0.154. The number of ether oxygens (including phenoxy) is 2. The van der Waals surface area contributed by atoms with Gasteiger partial charge in [-0.1, -0.05) is 0 Å². The molecule has 1 N–H and O–H groups in total. The fourth-order valence-corrected chi connectivity index (χ4v) is 5.89. The minimum Gasteiger partial charge on any atom is -0.497 e. The van der Waals surface area contributed by atoms with E-state index in [4.69, 9.17) is 9.47 Å². The Morgan fingerprint density at radius 2 is 1.77 bits per heavy atom. The molecule has 1 aromatic rings. The number of piperidine rings is 1. The molecule has 0 aliphatic carbocycles. The van der Waals surface area contributed by atoms with Gasteiger partial charge in [-0.2, -0.15) is 11.8 Å². The van der Waals surface area contributed by atoms with Gasteiger partial charge in [0.15, 0.2) is 0 Å². The number of likely N-dealkylation sites (tertiary alicyclic amines) is 1. The third kappa shape index (κ3) is 9.13. The first-order valence-corrected chi connectivity index (χ1v) is 14.4. The second kappa shape index (κ2) is 14.7. The SMILES string of the molecule is CN1CCC(N2CCN(C(=O)COCC3CSCCN3)CC2)CC1.COc1cc(C)c(S)c(C)c1. The number of thiol groups is 1. The van der Waals surface area contributed by atoms with Crippen molar-refractivity contribution in [3.63, 3.8) is 0 Å². The average Bonchev–Trinajstić information content (AvgIpc) is 2.88. The van der Waals surface area contributed by atoms with Crippen LogP contribution >= 0.6 is 24.4 Å². The summed E-state index contributed by atoms with van der Waals surface area (Å²) in [5.74, 6) is 3.32. The molecule has 3 fully saturated rings. The maximum absolute atomic E-state index is 12.3. The fraction of sp³-hybridized carbons (Fsp3) is 0.731. The molecule has 7 nitrogen and oxygen atoms in total. The van der Waals surface area contributed by atoms with Gasteiger partial charge in [0.1, 0.15) is 12.4 Å². The van der Waals surface area contributed by atoms with Crippen LogP contribution in [0.4, 0.5) is 0 Å². The van der Waals surface area contributed by atoms with Crippen molar-refractivity contribution in [2.45, 2.75) is 43.7 Å². The molecule has 35 heavy (non-hydrogen) atoms. The lowest BCUT2D eigenvalue weighted by Gasteiger charge is -2.42. The van der Waals surface area contributed by atoms with Crippen LogP contribution in [0, 0.1) is 13.8 Å². The van der Waals surface area contributed by atoms with E-state index in [9.17, 15) is 4.79 Å². The van der Waals surface area contributed by atoms with Crippen molar-refractivity contribution in [3.05, 3.63) is 23.3 Å². The highest BCUT2D eigenvalue weighted by atomic mass is 32.2. The normalized spacial score (nSPS) is 22.4. The van der Waals surface area contributed by atoms with E-state index in [1.165, 1.54) is 31.7 Å². The van der Waals surface area contributed by atoms with Gasteiger partial charge < -0.3 is 24.6 Å². The Morgan fingerprint density at radius 1 is 1.11 bits per heavy atom. The number of aryl methyl sites for hydroxylation is 2. The number of methoxy groups -OCH3 is 1. The molecule has 3 heterocycles. The zero-order chi connectivity index (χ0) is 25.2. The van der Waals surface area contributed by atoms with Gasteiger partial charge in [-0.15, -0.1) is 12.6 Å². The van der Waals surface area contributed by atoms with Crippen molar-refractivity contribution in [3.8, 4) is 5.75 Å². The van der Waals surface area contributed by atoms with E-state index in [1.807, 2.05) is 42.6 Å². The van der Waals surface area contributed by atoms with Crippen molar-refractivity contribution in [1.82, 2.24) is 20.0 Å². The molecule has 0 bridgehead atoms. The Morgan fingerprint density at radius 3 is 2.34 bits per heavy atom. The molecular formula is C26H44N4O3S2. The molecule has 3 aliphatic rings. The zero-order valence-corrected chi connectivity index (χ0v) is 23.6. The van der Waals surface area contributed by atoms with Gasteiger partial charge in [0, 0.05) is 61.2 Å². The van der Waals surface area contributed by atoms with Crippen molar-refractivity contribution in [2.75, 3.05) is 84.7 Å². The van der Waals surface area contributed by atoms with E-state index >= 15 is 0 Å². The van der Waals surface area contributed by atoms with Gasteiger partial charge in [-0.3, -0.25) is 9.69 Å². The number of carbonyl (C=O) groups is 1. The lowest BCUT2D eigenvalue weighted by Crippen LogP contribution is -2.54. The first-order valence-electron chi connectivity index (χ1n) is 12.8. The topological polar surface area (TPSA) is 57.3 Å². The van der Waals surface area contributed by atoms with Gasteiger partial charge in [-0.05, 0) is 70.1 Å². The van der Waals surface area contributed by atoms with Crippen molar-refractivity contribution < 1.29 is 14.3 Å². The number of hydrogen-bond acceptors (Lipinski definition) is 8. The molecule has 9 heteroatoms. The monoisotopic (exact) mass is 524 g/mol. The third-order valence-electron chi connectivity index (χ3n) is 7.11. The highest BCUT2D eigenvalue weighted by molar-refractivity contribution is 7.99. The summed E-state index contributed by atoms with van der Waals surface area (Å²) >= 11 is 6.30. The van der Waals surface area contributed by atoms with Crippen molar-refractivity contribution in [2.24, 2.45) is 0 Å². The van der Waals surface area contributed by atoms with Crippen LogP contribution in [-0.2, 0) is 9.53 Å². The van der Waals surface area contributed by atoms with E-state index < -0.39 is 0 Å². The van der Waals surface area contributed by atoms with E-state index in [2.05, 4.69) is 34.8 Å². The molecule has 0 radical (unpaired) electrons. The molecule has 0 aromatic heterocycles. The number of benzene rings is 1. The smallest absolute Gasteiger partial charge is 0.248 e. The van der Waals surface area contributed by atoms with E-state index in [-0.39, 0.29) is 12.5 Å². The Bertz CT molecular complexity index is 768. The molecule has 4 rings (SSSR count). The summed E-state index contributed by atoms with van der Waals surface area (Å²) in [5, 5.41) is 3.44. The Balaban J connectivity index is 0.000000261. The minimum absolute atomic E-state index is 0.154. The van der Waals surface area contributed by atoms with Gasteiger partial charge in [0.2, 0.25) is 5.91 Å². The van der Waals surface area contributed by atoms with Crippen LogP contribution in [0.5, 0.6) is 5.75 Å². The Kier molecular flexibility index (Phi) is 12.0. The summed E-state index contributed by atoms with van der Waals surface area (Å²) in [5.41, 5.74) is 2.32. The van der Waals surface area contributed by atoms with Gasteiger partial charge in [0.25, 0.3) is 0 Å². The van der Waals surface area contributed by atoms with Gasteiger partial charge >= 0.3 is 0 Å². The number of nitrogens with zero attached hydrogens (tertiary/aromatic N) is 3. The van der Waals surface area contributed by atoms with Gasteiger partial charge in [-0.25, -0.2) is 0 Å². The van der Waals surface area contributed by atoms with Crippen LogP contribution in [0.25, 0.3) is 0 Å². The van der Waals surface area contributed by atoms with Crippen LogP contribution in [0.3, 0.4) is 0 Å². The predicted molar refractivity (Wildman–Crippen MR) is 148 cm³/mol. The van der Waals surface area contributed by atoms with Crippen LogP contribution in [0.2, 0.25) is 0 Å². The van der Waals surface area contributed by atoms with E-state index in [0.29, 0.717) is 18.7 Å². The predicted octanol–water partition coefficient (Wildman–Crippen LogP) is 2.55. The summed E-state index contributed by atoms with van der Waals surface area (Å²) in [7, 11) is 3.88. The molecule has 0 saturated carbocycles. The summed E-state index contributed by atoms with van der Waals surface area (Å²) in [6.07, 6.45) is 2.53. The Hall–Kier alpha value is -0.970. The third-order valence-corrected chi connectivity index (χ3v) is 8.95. The molecule has 1 atom stereocenters. The second-order valence-corrected chi connectivity index (χ2v) is 11.4. The molecule has 1 unspecified atom stereocenters. The van der Waals surface area contributed by atoms with E-state index in [1.54, 1.807) is 7.11 Å². The summed E-state index contributed by atoms with van der Waals surface area (Å²) in [6.45, 7) is 12.1. The van der Waals surface area contributed by atoms with Crippen molar-refractivity contribution >= 4 is 30.3 Å². The molecular weight excluding hydrogens is 480 g/mol. The van der Waals surface area contributed by atoms with Crippen LogP contribution in [-0.4, -0.2) is 117 Å². The maximum atomic E-state index is 12.3. The number of thioether (sulfide) groups is 1. The van der Waals surface area contributed by atoms with Crippen LogP contribution < -0.4 is 10.1 Å². The number of nitrogens with one attached hydrogen (secondary N) is 1. The van der Waals surface area contributed by atoms with Gasteiger partial charge in [0.05, 0.1) is 13.7 Å². The standard InChI is InChI=1S/C17H32N4O2S.C9H12OS/c1-19-5-2-16(3-6-19)20-7-9-21(10-8-20)17(22)13-23-12-15-14-24-11-4-18-15;1-6-4-8(10-3)5-7(2)9(6)11/h15-16,18H,2-14H2,1H3;4-5,11H,1-3H3. The summed E-state index contributed by atoms with van der Waals surface area (Å²) < 4.78 is 10.8. The van der Waals surface area contributed by atoms with Crippen molar-refractivity contribution in [1.29, 1.82) is 0 Å². The van der Waals surface area contributed by atoms with Crippen LogP contribution in [0.1, 0.15) is 24.0 Å². The molecule has 1 aromatic carbocycles. The number of carbonyl (C=O) groups excluding carboxylic acids is 1. The highest BCUT2D eigenvalue weighted by Crippen LogP contribution is 2.24. The number of rotatable bonds is 6. The summed E-state index contributed by atoms with van der Waals surface area (Å²) in [6, 6.07) is 5.08. The zero-order valence-electron chi connectivity index (χ0n) is 21.9. The molecule has 3 saturated heterocycles. The van der Waals surface area contributed by atoms with Crippen LogP contribution in [0.15, 0.2) is 17.0 Å². The molecule has 0 spiro atoms. The number of hydrogen-bond donors (Lipinski definition) is 2. The molecule has 3 aliphatic heterocycles. The lowest BCUT2D eigenvalue weighted by atomic mass is 10.0. The largest absolute Gasteiger partial charge is 0.497 e. The first kappa shape index (κ1) is 28.6. The maximum Gasteiger partial charge on any atom is 0.248 e. The Labute approximate surface area is 221 Å². The lowest BCUT2D eigenvalue weighted by molar-refractivity contribution is -0.138.